The molecule has 2 N–H and O–H groups in total. The molecule has 0 saturated heterocycles. The minimum atomic E-state index is -1.44. The van der Waals surface area contributed by atoms with Crippen LogP contribution in [0, 0.1) is 5.41 Å². The van der Waals surface area contributed by atoms with E-state index in [9.17, 15) is 24.3 Å². The molecule has 156 valence electrons. The van der Waals surface area contributed by atoms with Gasteiger partial charge in [-0.05, 0) is 27.2 Å². The highest BCUT2D eigenvalue weighted by Crippen LogP contribution is 2.24. The van der Waals surface area contributed by atoms with Gasteiger partial charge in [0.25, 0.3) is 6.29 Å². The number of Topliss-reactive ketones (excluding diaryl/α,β-unsaturated/α-hetero) is 1. The number of aliphatic carboxylic acids is 1. The van der Waals surface area contributed by atoms with Gasteiger partial charge in [0.15, 0.2) is 0 Å². The first kappa shape index (κ1) is 23.5. The molecule has 2 atom stereocenters. The lowest BCUT2D eigenvalue weighted by Gasteiger charge is -2.24. The van der Waals surface area contributed by atoms with Gasteiger partial charge < -0.3 is 25.4 Å². The highest BCUT2D eigenvalue weighted by molar-refractivity contribution is 6.25. The van der Waals surface area contributed by atoms with Crippen LogP contribution in [0.3, 0.4) is 0 Å². The van der Waals surface area contributed by atoms with E-state index in [0.717, 1.165) is 0 Å². The summed E-state index contributed by atoms with van der Waals surface area (Å²) in [4.78, 5) is 49.6. The van der Waals surface area contributed by atoms with Crippen molar-refractivity contribution in [3.63, 3.8) is 0 Å². The molecule has 0 aromatic heterocycles. The van der Waals surface area contributed by atoms with Crippen LogP contribution in [0.2, 0.25) is 0 Å². The third-order valence-electron chi connectivity index (χ3n) is 3.58. The minimum absolute atomic E-state index is 0.257. The van der Waals surface area contributed by atoms with E-state index in [4.69, 9.17) is 15.0 Å². The average molecular weight is 405 g/mol. The van der Waals surface area contributed by atoms with E-state index < -0.39 is 41.6 Å². The molecule has 0 saturated carbocycles. The molecule has 1 aromatic rings. The molecular formula is C19H23N3O7. The summed E-state index contributed by atoms with van der Waals surface area (Å²) in [6, 6.07) is 6.75. The number of alkyl carbamates (subject to hydrolysis) is 1. The molecule has 1 amide bonds. The predicted octanol–water partition coefficient (Wildman–Crippen LogP) is 2.10. The summed E-state index contributed by atoms with van der Waals surface area (Å²) >= 11 is 0. The topological polar surface area (TPSA) is 155 Å². The maximum Gasteiger partial charge on any atom is 0.411 e. The fourth-order valence-electron chi connectivity index (χ4n) is 1.99. The Kier molecular flexibility index (Phi) is 8.69. The molecule has 1 aromatic carbocycles. The van der Waals surface area contributed by atoms with Crippen LogP contribution in [0.5, 0.6) is 0 Å². The summed E-state index contributed by atoms with van der Waals surface area (Å²) in [5.41, 5.74) is 7.81. The van der Waals surface area contributed by atoms with E-state index in [1.54, 1.807) is 51.1 Å². The number of carboxylic acids is 1. The van der Waals surface area contributed by atoms with E-state index in [-0.39, 0.29) is 12.8 Å². The first-order chi connectivity index (χ1) is 13.5. The fraction of sp³-hybridized carbons (Fsp3) is 0.421. The quantitative estimate of drug-likeness (QED) is 0.209. The van der Waals surface area contributed by atoms with Crippen LogP contribution in [0.4, 0.5) is 4.79 Å². The summed E-state index contributed by atoms with van der Waals surface area (Å²) in [6.45, 7) is 4.89. The molecule has 1 rings (SSSR count). The van der Waals surface area contributed by atoms with E-state index in [1.807, 2.05) is 0 Å². The number of ether oxygens (including phenoxy) is 2. The number of carboxylic acid groups (broad SMARTS) is 1. The van der Waals surface area contributed by atoms with Crippen molar-refractivity contribution >= 4 is 30.0 Å². The van der Waals surface area contributed by atoms with Crippen LogP contribution in [0.15, 0.2) is 30.3 Å². The second-order valence-electron chi connectivity index (χ2n) is 7.09. The van der Waals surface area contributed by atoms with Gasteiger partial charge in [-0.25, -0.2) is 9.59 Å². The monoisotopic (exact) mass is 405 g/mol. The lowest BCUT2D eigenvalue weighted by atomic mass is 9.97. The lowest BCUT2D eigenvalue weighted by molar-refractivity contribution is -0.179. The van der Waals surface area contributed by atoms with Crippen molar-refractivity contribution in [1.29, 1.82) is 0 Å². The first-order valence-electron chi connectivity index (χ1n) is 8.71. The van der Waals surface area contributed by atoms with E-state index in [1.165, 1.54) is 0 Å². The maximum atomic E-state index is 12.2. The summed E-state index contributed by atoms with van der Waals surface area (Å²) < 4.78 is 10.4. The molecule has 29 heavy (non-hydrogen) atoms. The number of ketones is 1. The van der Waals surface area contributed by atoms with E-state index in [2.05, 4.69) is 10.1 Å². The molecule has 0 spiro atoms. The molecule has 0 fully saturated rings. The SMILES string of the molecule is CC(C)(C)C(=O)OC(OC(=O)NC(CCC(=O)C=[N+]=[N-])C(=O)O)c1ccccc1. The number of hydrogen-bond donors (Lipinski definition) is 2. The first-order valence-corrected chi connectivity index (χ1v) is 8.71. The number of amides is 1. The average Bonchev–Trinajstić information content (AvgIpc) is 2.64. The van der Waals surface area contributed by atoms with Gasteiger partial charge in [-0.2, -0.15) is 4.79 Å². The Morgan fingerprint density at radius 1 is 1.17 bits per heavy atom. The molecule has 0 radical (unpaired) electrons. The summed E-state index contributed by atoms with van der Waals surface area (Å²) in [5.74, 6) is -2.63. The van der Waals surface area contributed by atoms with Gasteiger partial charge in [0.1, 0.15) is 6.04 Å². The van der Waals surface area contributed by atoms with Crippen LogP contribution in [-0.4, -0.2) is 46.0 Å². The third-order valence-corrected chi connectivity index (χ3v) is 3.58. The van der Waals surface area contributed by atoms with Gasteiger partial charge in [0.2, 0.25) is 5.78 Å². The van der Waals surface area contributed by atoms with Crippen molar-refractivity contribution in [3.05, 3.63) is 41.4 Å². The number of carbonyl (C=O) groups excluding carboxylic acids is 3. The highest BCUT2D eigenvalue weighted by atomic mass is 16.7. The van der Waals surface area contributed by atoms with Gasteiger partial charge in [-0.1, -0.05) is 30.3 Å². The molecule has 2 unspecified atom stereocenters. The van der Waals surface area contributed by atoms with Crippen molar-refractivity contribution < 1.29 is 38.5 Å². The number of nitrogens with zero attached hydrogens (tertiary/aromatic N) is 2. The second kappa shape index (κ2) is 10.7. The van der Waals surface area contributed by atoms with Gasteiger partial charge in [0, 0.05) is 12.0 Å². The molecule has 0 aliphatic heterocycles. The smallest absolute Gasteiger partial charge is 0.411 e. The van der Waals surface area contributed by atoms with Crippen LogP contribution in [0.1, 0.15) is 45.5 Å². The Balaban J connectivity index is 2.87. The Bertz CT molecular complexity index is 796. The van der Waals surface area contributed by atoms with Gasteiger partial charge >= 0.3 is 24.2 Å². The molecule has 0 heterocycles. The maximum absolute atomic E-state index is 12.2. The van der Waals surface area contributed by atoms with Gasteiger partial charge in [-0.3, -0.25) is 9.59 Å². The molecule has 10 heteroatoms. The van der Waals surface area contributed by atoms with Crippen molar-refractivity contribution in [2.24, 2.45) is 5.41 Å². The standard InChI is InChI=1S/C19H23N3O7/c1-19(2,3)17(26)28-16(12-7-5-4-6-8-12)29-18(27)22-14(15(24)25)10-9-13(23)11-21-20/h4-8,11,14,16H,9-10H2,1-3H3,(H,22,27)(H,24,25). The zero-order chi connectivity index (χ0) is 22.0. The van der Waals surface area contributed by atoms with Crippen molar-refractivity contribution in [2.45, 2.75) is 45.9 Å². The Hall–Kier alpha value is -3.52. The number of nitrogens with one attached hydrogen (secondary N) is 1. The number of rotatable bonds is 9. The molecule has 10 nitrogen and oxygen atoms in total. The Labute approximate surface area is 167 Å². The number of hydrogen-bond acceptors (Lipinski definition) is 6. The summed E-state index contributed by atoms with van der Waals surface area (Å²) in [5, 5.41) is 11.3. The highest BCUT2D eigenvalue weighted by Gasteiger charge is 2.30. The predicted molar refractivity (Wildman–Crippen MR) is 99.7 cm³/mol. The largest absolute Gasteiger partial charge is 0.480 e. The Morgan fingerprint density at radius 3 is 2.31 bits per heavy atom. The van der Waals surface area contributed by atoms with Crippen LogP contribution in [0.25, 0.3) is 5.53 Å². The summed E-state index contributed by atoms with van der Waals surface area (Å²) in [7, 11) is 0. The van der Waals surface area contributed by atoms with Gasteiger partial charge in [-0.15, -0.1) is 0 Å². The molecule has 0 aliphatic rings. The summed E-state index contributed by atoms with van der Waals surface area (Å²) in [6.07, 6.45) is -2.43. The van der Waals surface area contributed by atoms with Crippen molar-refractivity contribution in [1.82, 2.24) is 5.32 Å². The third kappa shape index (κ3) is 8.35. The molecule has 0 aliphatic carbocycles. The fourth-order valence-corrected chi connectivity index (χ4v) is 1.99. The molecule has 0 bridgehead atoms. The zero-order valence-corrected chi connectivity index (χ0v) is 16.3. The zero-order valence-electron chi connectivity index (χ0n) is 16.3. The second-order valence-corrected chi connectivity index (χ2v) is 7.09. The van der Waals surface area contributed by atoms with Crippen molar-refractivity contribution in [3.8, 4) is 0 Å². The van der Waals surface area contributed by atoms with Gasteiger partial charge in [0.05, 0.1) is 5.41 Å². The number of carbonyl (C=O) groups is 4. The van der Waals surface area contributed by atoms with Crippen LogP contribution in [-0.2, 0) is 23.9 Å². The van der Waals surface area contributed by atoms with E-state index in [0.29, 0.717) is 11.8 Å². The van der Waals surface area contributed by atoms with Crippen LogP contribution < -0.4 is 5.32 Å². The normalized spacial score (nSPS) is 12.7. The number of benzene rings is 1. The molecular weight excluding hydrogens is 382 g/mol. The van der Waals surface area contributed by atoms with Crippen molar-refractivity contribution in [2.75, 3.05) is 0 Å². The Morgan fingerprint density at radius 2 is 1.79 bits per heavy atom. The minimum Gasteiger partial charge on any atom is -0.480 e. The lowest BCUT2D eigenvalue weighted by Crippen LogP contribution is -2.42. The van der Waals surface area contributed by atoms with Crippen LogP contribution >= 0.6 is 0 Å². The number of esters is 1. The van der Waals surface area contributed by atoms with E-state index >= 15 is 0 Å².